The summed E-state index contributed by atoms with van der Waals surface area (Å²) in [5, 5.41) is 3.04. The molecule has 0 spiro atoms. The van der Waals surface area contributed by atoms with Gasteiger partial charge in [-0.15, -0.1) is 0 Å². The van der Waals surface area contributed by atoms with Gasteiger partial charge in [-0.05, 0) is 26.8 Å². The third-order valence-corrected chi connectivity index (χ3v) is 2.47. The summed E-state index contributed by atoms with van der Waals surface area (Å²) in [6.07, 6.45) is 2.58. The fraction of sp³-hybridized carbons (Fsp3) is 0.429. The van der Waals surface area contributed by atoms with Crippen LogP contribution in [0.4, 0.5) is 13.2 Å². The first-order chi connectivity index (χ1) is 8.45. The predicted octanol–water partition coefficient (Wildman–Crippen LogP) is 4.11. The van der Waals surface area contributed by atoms with E-state index in [1.165, 1.54) is 0 Å². The zero-order chi connectivity index (χ0) is 13.7. The molecule has 1 aromatic carbocycles. The minimum atomic E-state index is -0.903. The van der Waals surface area contributed by atoms with Gasteiger partial charge in [-0.2, -0.15) is 0 Å². The van der Waals surface area contributed by atoms with Gasteiger partial charge in [0.05, 0.1) is 6.04 Å². The lowest BCUT2D eigenvalue weighted by Crippen LogP contribution is -2.23. The zero-order valence-corrected chi connectivity index (χ0v) is 10.9. The van der Waals surface area contributed by atoms with Crippen molar-refractivity contribution in [1.29, 1.82) is 0 Å². The molecule has 1 aromatic rings. The number of hydrogen-bond acceptors (Lipinski definition) is 1. The van der Waals surface area contributed by atoms with E-state index in [-0.39, 0.29) is 5.56 Å². The van der Waals surface area contributed by atoms with Gasteiger partial charge in [0.15, 0.2) is 0 Å². The van der Waals surface area contributed by atoms with Crippen molar-refractivity contribution in [3.05, 3.63) is 46.8 Å². The van der Waals surface area contributed by atoms with E-state index in [1.807, 2.05) is 20.8 Å². The molecule has 0 aliphatic rings. The van der Waals surface area contributed by atoms with Crippen LogP contribution in [0.1, 0.15) is 38.8 Å². The highest BCUT2D eigenvalue weighted by Gasteiger charge is 2.19. The van der Waals surface area contributed by atoms with Gasteiger partial charge < -0.3 is 5.32 Å². The van der Waals surface area contributed by atoms with Crippen molar-refractivity contribution in [3.63, 3.8) is 0 Å². The van der Waals surface area contributed by atoms with Gasteiger partial charge in [0.2, 0.25) is 0 Å². The lowest BCUT2D eigenvalue weighted by Gasteiger charge is -2.17. The zero-order valence-electron chi connectivity index (χ0n) is 10.9. The first kappa shape index (κ1) is 14.8. The summed E-state index contributed by atoms with van der Waals surface area (Å²) in [4.78, 5) is 0. The van der Waals surface area contributed by atoms with Gasteiger partial charge in [0.1, 0.15) is 17.5 Å². The lowest BCUT2D eigenvalue weighted by atomic mass is 10.0. The van der Waals surface area contributed by atoms with Crippen LogP contribution in [0.3, 0.4) is 0 Å². The smallest absolute Gasteiger partial charge is 0.134 e. The Labute approximate surface area is 106 Å². The molecule has 0 aromatic heterocycles. The van der Waals surface area contributed by atoms with Crippen LogP contribution in [0.15, 0.2) is 23.8 Å². The number of benzene rings is 1. The highest BCUT2D eigenvalue weighted by atomic mass is 19.1. The molecule has 0 aliphatic heterocycles. The Morgan fingerprint density at radius 1 is 1.22 bits per heavy atom. The highest BCUT2D eigenvalue weighted by Crippen LogP contribution is 2.24. The molecule has 0 amide bonds. The van der Waals surface area contributed by atoms with Crippen molar-refractivity contribution in [2.75, 3.05) is 6.54 Å². The second-order valence-corrected chi connectivity index (χ2v) is 4.46. The molecule has 1 rings (SSSR count). The van der Waals surface area contributed by atoms with E-state index in [4.69, 9.17) is 0 Å². The Bertz CT molecular complexity index is 414. The number of hydrogen-bond donors (Lipinski definition) is 1. The van der Waals surface area contributed by atoms with E-state index >= 15 is 0 Å². The first-order valence-corrected chi connectivity index (χ1v) is 5.98. The van der Waals surface area contributed by atoms with Gasteiger partial charge >= 0.3 is 0 Å². The quantitative estimate of drug-likeness (QED) is 0.783. The third-order valence-electron chi connectivity index (χ3n) is 2.47. The summed E-state index contributed by atoms with van der Waals surface area (Å²) < 4.78 is 40.3. The van der Waals surface area contributed by atoms with Crippen LogP contribution < -0.4 is 5.32 Å². The molecular weight excluding hydrogens is 239 g/mol. The normalized spacial score (nSPS) is 12.3. The maximum absolute atomic E-state index is 13.7. The second-order valence-electron chi connectivity index (χ2n) is 4.46. The molecule has 0 bridgehead atoms. The maximum Gasteiger partial charge on any atom is 0.134 e. The van der Waals surface area contributed by atoms with Crippen molar-refractivity contribution in [1.82, 2.24) is 5.32 Å². The summed E-state index contributed by atoms with van der Waals surface area (Å²) in [6, 6.07) is 0.839. The minimum absolute atomic E-state index is 0.133. The molecule has 1 atom stereocenters. The van der Waals surface area contributed by atoms with E-state index < -0.39 is 23.5 Å². The Kier molecular flexibility index (Phi) is 5.41. The largest absolute Gasteiger partial charge is 0.307 e. The molecule has 0 radical (unpaired) electrons. The molecule has 1 N–H and O–H groups in total. The Morgan fingerprint density at radius 2 is 1.78 bits per heavy atom. The van der Waals surface area contributed by atoms with Gasteiger partial charge in [0.25, 0.3) is 0 Å². The van der Waals surface area contributed by atoms with Crippen LogP contribution >= 0.6 is 0 Å². The topological polar surface area (TPSA) is 12.0 Å². The van der Waals surface area contributed by atoms with E-state index in [2.05, 4.69) is 5.32 Å². The summed E-state index contributed by atoms with van der Waals surface area (Å²) in [7, 11) is 0. The number of rotatable bonds is 5. The van der Waals surface area contributed by atoms with Gasteiger partial charge in [-0.1, -0.05) is 18.6 Å². The van der Waals surface area contributed by atoms with Crippen molar-refractivity contribution in [3.8, 4) is 0 Å². The van der Waals surface area contributed by atoms with Crippen LogP contribution in [0, 0.1) is 17.5 Å². The number of halogens is 3. The molecule has 0 saturated carbocycles. The van der Waals surface area contributed by atoms with Gasteiger partial charge in [-0.25, -0.2) is 13.2 Å². The van der Waals surface area contributed by atoms with Gasteiger partial charge in [0, 0.05) is 17.7 Å². The molecule has 18 heavy (non-hydrogen) atoms. The molecule has 0 heterocycles. The SMILES string of the molecule is CCCNC(C=C(C)C)c1c(F)cc(F)cc1F. The molecule has 4 heteroatoms. The Balaban J connectivity index is 3.16. The molecular formula is C14H18F3N. The first-order valence-electron chi connectivity index (χ1n) is 5.98. The molecule has 1 nitrogen and oxygen atoms in total. The van der Waals surface area contributed by atoms with Crippen LogP contribution in [-0.2, 0) is 0 Å². The highest BCUT2D eigenvalue weighted by molar-refractivity contribution is 5.28. The van der Waals surface area contributed by atoms with E-state index in [0.29, 0.717) is 18.7 Å². The molecule has 1 unspecified atom stereocenters. The molecule has 0 aliphatic carbocycles. The van der Waals surface area contributed by atoms with Crippen LogP contribution in [0.2, 0.25) is 0 Å². The Morgan fingerprint density at radius 3 is 2.22 bits per heavy atom. The minimum Gasteiger partial charge on any atom is -0.307 e. The average Bonchev–Trinajstić information content (AvgIpc) is 2.23. The summed E-state index contributed by atoms with van der Waals surface area (Å²) in [6.45, 7) is 6.29. The fourth-order valence-corrected chi connectivity index (χ4v) is 1.73. The molecule has 0 saturated heterocycles. The standard InChI is InChI=1S/C14H18F3N/c1-4-5-18-13(6-9(2)3)14-11(16)7-10(15)8-12(14)17/h6-8,13,18H,4-5H2,1-3H3. The number of allylic oxidation sites excluding steroid dienone is 1. The van der Waals surface area contributed by atoms with Crippen molar-refractivity contribution in [2.24, 2.45) is 0 Å². The van der Waals surface area contributed by atoms with Gasteiger partial charge in [-0.3, -0.25) is 0 Å². The van der Waals surface area contributed by atoms with Crippen molar-refractivity contribution in [2.45, 2.75) is 33.2 Å². The Hall–Kier alpha value is -1.29. The summed E-state index contributed by atoms with van der Waals surface area (Å²) >= 11 is 0. The number of nitrogens with one attached hydrogen (secondary N) is 1. The van der Waals surface area contributed by atoms with Crippen LogP contribution in [0.25, 0.3) is 0 Å². The third kappa shape index (κ3) is 3.88. The molecule has 0 fully saturated rings. The van der Waals surface area contributed by atoms with E-state index in [1.54, 1.807) is 6.08 Å². The monoisotopic (exact) mass is 257 g/mol. The van der Waals surface area contributed by atoms with Crippen LogP contribution in [0.5, 0.6) is 0 Å². The summed E-state index contributed by atoms with van der Waals surface area (Å²) in [5.74, 6) is -2.63. The fourth-order valence-electron chi connectivity index (χ4n) is 1.73. The molecule has 100 valence electrons. The van der Waals surface area contributed by atoms with Crippen molar-refractivity contribution >= 4 is 0 Å². The van der Waals surface area contributed by atoms with Crippen molar-refractivity contribution < 1.29 is 13.2 Å². The van der Waals surface area contributed by atoms with Crippen LogP contribution in [-0.4, -0.2) is 6.54 Å². The predicted molar refractivity (Wildman–Crippen MR) is 66.8 cm³/mol. The van der Waals surface area contributed by atoms with E-state index in [9.17, 15) is 13.2 Å². The second kappa shape index (κ2) is 6.59. The average molecular weight is 257 g/mol. The lowest BCUT2D eigenvalue weighted by molar-refractivity contribution is 0.491. The maximum atomic E-state index is 13.7. The van der Waals surface area contributed by atoms with E-state index in [0.717, 1.165) is 12.0 Å². The summed E-state index contributed by atoms with van der Waals surface area (Å²) in [5.41, 5.74) is 0.803.